The number of ether oxygens (including phenoxy) is 1. The maximum atomic E-state index is 10.1. The van der Waals surface area contributed by atoms with Crippen molar-refractivity contribution in [2.45, 2.75) is 36.4 Å². The van der Waals surface area contributed by atoms with E-state index in [2.05, 4.69) is 60.8 Å². The van der Waals surface area contributed by atoms with E-state index in [1.54, 1.807) is 0 Å². The van der Waals surface area contributed by atoms with E-state index in [0.29, 0.717) is 6.61 Å². The molecule has 4 rings (SSSR count). The number of rotatable bonds is 6. The summed E-state index contributed by atoms with van der Waals surface area (Å²) >= 11 is 1.83. The summed E-state index contributed by atoms with van der Waals surface area (Å²) < 4.78 is 5.95. The monoisotopic (exact) mass is 405 g/mol. The largest absolute Gasteiger partial charge is 0.489 e. The van der Waals surface area contributed by atoms with Gasteiger partial charge in [0.25, 0.3) is 0 Å². The third-order valence-electron chi connectivity index (χ3n) is 5.63. The molecule has 3 aromatic carbocycles. The van der Waals surface area contributed by atoms with Crippen LogP contribution in [0.3, 0.4) is 0 Å². The van der Waals surface area contributed by atoms with Gasteiger partial charge >= 0.3 is 0 Å². The molecule has 0 saturated carbocycles. The predicted octanol–water partition coefficient (Wildman–Crippen LogP) is 5.19. The Morgan fingerprint density at radius 1 is 1.00 bits per heavy atom. The molecule has 0 radical (unpaired) electrons. The number of nitrogens with one attached hydrogen (secondary N) is 1. The summed E-state index contributed by atoms with van der Waals surface area (Å²) in [6.07, 6.45) is 0.874. The molecule has 0 unspecified atom stereocenters. The van der Waals surface area contributed by atoms with Crippen molar-refractivity contribution in [2.24, 2.45) is 0 Å². The Bertz CT molecular complexity index is 923. The smallest absolute Gasteiger partial charge is 0.119 e. The van der Waals surface area contributed by atoms with Crippen molar-refractivity contribution in [3.05, 3.63) is 95.6 Å². The van der Waals surface area contributed by atoms with Crippen LogP contribution >= 0.6 is 11.8 Å². The van der Waals surface area contributed by atoms with Gasteiger partial charge in [-0.25, -0.2) is 0 Å². The highest BCUT2D eigenvalue weighted by atomic mass is 32.2. The van der Waals surface area contributed by atoms with E-state index >= 15 is 0 Å². The first-order chi connectivity index (χ1) is 14.2. The van der Waals surface area contributed by atoms with Gasteiger partial charge in [-0.15, -0.1) is 11.8 Å². The van der Waals surface area contributed by atoms with Crippen molar-refractivity contribution in [1.82, 2.24) is 5.32 Å². The summed E-state index contributed by atoms with van der Waals surface area (Å²) in [4.78, 5) is 1.28. The zero-order valence-corrected chi connectivity index (χ0v) is 17.5. The Labute approximate surface area is 177 Å². The van der Waals surface area contributed by atoms with E-state index in [-0.39, 0.29) is 18.2 Å². The number of thioether (sulfide) groups is 1. The van der Waals surface area contributed by atoms with Crippen LogP contribution in [0.25, 0.3) is 0 Å². The van der Waals surface area contributed by atoms with Gasteiger partial charge in [-0.1, -0.05) is 67.6 Å². The molecule has 3 nitrogen and oxygen atoms in total. The van der Waals surface area contributed by atoms with Crippen LogP contribution in [-0.4, -0.2) is 23.0 Å². The first-order valence-electron chi connectivity index (χ1n) is 10.1. The SMILES string of the molecule is CC[C@]1(CO)CSc2ccccc2[C@H](c2ccc(OCc3ccccc3)cc2)N1. The summed E-state index contributed by atoms with van der Waals surface area (Å²) in [6, 6.07) is 27.1. The van der Waals surface area contributed by atoms with E-state index in [4.69, 9.17) is 4.74 Å². The van der Waals surface area contributed by atoms with Gasteiger partial charge in [-0.3, -0.25) is 5.32 Å². The molecule has 0 aromatic heterocycles. The molecule has 0 amide bonds. The molecule has 29 heavy (non-hydrogen) atoms. The Hall–Kier alpha value is -2.27. The lowest BCUT2D eigenvalue weighted by atomic mass is 9.92. The minimum Gasteiger partial charge on any atom is -0.489 e. The highest BCUT2D eigenvalue weighted by Gasteiger charge is 2.35. The molecular weight excluding hydrogens is 378 g/mol. The van der Waals surface area contributed by atoms with Crippen molar-refractivity contribution in [1.29, 1.82) is 0 Å². The van der Waals surface area contributed by atoms with Crippen LogP contribution in [0, 0.1) is 0 Å². The normalized spacial score (nSPS) is 21.2. The van der Waals surface area contributed by atoms with Gasteiger partial charge < -0.3 is 9.84 Å². The number of aliphatic hydroxyl groups excluding tert-OH is 1. The van der Waals surface area contributed by atoms with Crippen LogP contribution in [0.4, 0.5) is 0 Å². The standard InChI is InChI=1S/C25H27NO2S/c1-2-25(17-27)18-29-23-11-7-6-10-22(23)24(26-25)20-12-14-21(15-13-20)28-16-19-8-4-3-5-9-19/h3-15,24,26-27H,2,16-18H2,1H3/t24-,25-/m0/s1. The first-order valence-corrected chi connectivity index (χ1v) is 11.1. The van der Waals surface area contributed by atoms with Crippen molar-refractivity contribution in [3.8, 4) is 5.75 Å². The average molecular weight is 406 g/mol. The van der Waals surface area contributed by atoms with Crippen LogP contribution in [0.2, 0.25) is 0 Å². The number of fused-ring (bicyclic) bond motifs is 1. The van der Waals surface area contributed by atoms with Gasteiger partial charge in [-0.2, -0.15) is 0 Å². The van der Waals surface area contributed by atoms with Gasteiger partial charge in [0, 0.05) is 10.6 Å². The fourth-order valence-corrected chi connectivity index (χ4v) is 5.00. The molecule has 150 valence electrons. The molecule has 3 aromatic rings. The third kappa shape index (κ3) is 4.50. The Morgan fingerprint density at radius 3 is 2.45 bits per heavy atom. The Morgan fingerprint density at radius 2 is 1.72 bits per heavy atom. The van der Waals surface area contributed by atoms with Crippen LogP contribution in [-0.2, 0) is 6.61 Å². The van der Waals surface area contributed by atoms with Gasteiger partial charge in [0.05, 0.1) is 18.2 Å². The molecule has 0 fully saturated rings. The van der Waals surface area contributed by atoms with Crippen molar-refractivity contribution in [3.63, 3.8) is 0 Å². The van der Waals surface area contributed by atoms with E-state index in [1.165, 1.54) is 16.0 Å². The van der Waals surface area contributed by atoms with Crippen LogP contribution in [0.1, 0.15) is 36.1 Å². The summed E-state index contributed by atoms with van der Waals surface area (Å²) in [6.45, 7) is 2.82. The summed E-state index contributed by atoms with van der Waals surface area (Å²) in [5.41, 5.74) is 3.30. The summed E-state index contributed by atoms with van der Waals surface area (Å²) in [7, 11) is 0. The van der Waals surface area contributed by atoms with Crippen LogP contribution < -0.4 is 10.1 Å². The second-order valence-electron chi connectivity index (χ2n) is 7.54. The second-order valence-corrected chi connectivity index (χ2v) is 8.56. The molecule has 0 saturated heterocycles. The Balaban J connectivity index is 1.58. The van der Waals surface area contributed by atoms with Gasteiger partial charge in [0.2, 0.25) is 0 Å². The molecule has 0 bridgehead atoms. The highest BCUT2D eigenvalue weighted by Crippen LogP contribution is 2.39. The third-order valence-corrected chi connectivity index (χ3v) is 7.01. The Kier molecular flexibility index (Phi) is 6.24. The molecule has 2 N–H and O–H groups in total. The lowest BCUT2D eigenvalue weighted by Gasteiger charge is -2.34. The minimum absolute atomic E-state index is 0.0384. The van der Waals surface area contributed by atoms with Crippen molar-refractivity contribution >= 4 is 11.8 Å². The molecule has 1 aliphatic rings. The van der Waals surface area contributed by atoms with Gasteiger partial charge in [0.1, 0.15) is 12.4 Å². The van der Waals surface area contributed by atoms with Gasteiger partial charge in [-0.05, 0) is 41.3 Å². The average Bonchev–Trinajstić information content (AvgIpc) is 2.97. The van der Waals surface area contributed by atoms with Crippen LogP contribution in [0.5, 0.6) is 5.75 Å². The van der Waals surface area contributed by atoms with E-state index < -0.39 is 0 Å². The lowest BCUT2D eigenvalue weighted by Crippen LogP contribution is -2.51. The fourth-order valence-electron chi connectivity index (χ4n) is 3.66. The second kappa shape index (κ2) is 9.04. The molecule has 1 aliphatic heterocycles. The van der Waals surface area contributed by atoms with Gasteiger partial charge in [0.15, 0.2) is 0 Å². The highest BCUT2D eigenvalue weighted by molar-refractivity contribution is 7.99. The topological polar surface area (TPSA) is 41.5 Å². The number of hydrogen-bond acceptors (Lipinski definition) is 4. The van der Waals surface area contributed by atoms with E-state index in [1.807, 2.05) is 42.1 Å². The van der Waals surface area contributed by atoms with Crippen molar-refractivity contribution in [2.75, 3.05) is 12.4 Å². The maximum Gasteiger partial charge on any atom is 0.119 e. The quantitative estimate of drug-likeness (QED) is 0.592. The van der Waals surface area contributed by atoms with Crippen molar-refractivity contribution < 1.29 is 9.84 Å². The maximum absolute atomic E-state index is 10.1. The molecule has 4 heteroatoms. The molecule has 1 heterocycles. The zero-order valence-electron chi connectivity index (χ0n) is 16.7. The molecule has 0 spiro atoms. The molecule has 2 atom stereocenters. The van der Waals surface area contributed by atoms with E-state index in [0.717, 1.165) is 23.5 Å². The minimum atomic E-state index is -0.295. The molecular formula is C25H27NO2S. The van der Waals surface area contributed by atoms with E-state index in [9.17, 15) is 5.11 Å². The summed E-state index contributed by atoms with van der Waals surface area (Å²) in [5, 5.41) is 13.9. The predicted molar refractivity (Wildman–Crippen MR) is 119 cm³/mol. The number of hydrogen-bond donors (Lipinski definition) is 2. The lowest BCUT2D eigenvalue weighted by molar-refractivity contribution is 0.166. The first kappa shape index (κ1) is 20.0. The fraction of sp³-hybridized carbons (Fsp3) is 0.280. The number of benzene rings is 3. The zero-order chi connectivity index (χ0) is 20.1. The number of aliphatic hydroxyl groups is 1. The van der Waals surface area contributed by atoms with Crippen LogP contribution in [0.15, 0.2) is 83.8 Å². The molecule has 0 aliphatic carbocycles. The summed E-state index contributed by atoms with van der Waals surface area (Å²) in [5.74, 6) is 1.71.